The van der Waals surface area contributed by atoms with E-state index in [0.717, 1.165) is 11.8 Å². The molecule has 0 bridgehead atoms. The second-order valence-electron chi connectivity index (χ2n) is 7.83. The summed E-state index contributed by atoms with van der Waals surface area (Å²) in [5.41, 5.74) is 7.95. The Morgan fingerprint density at radius 1 is 1.17 bits per heavy atom. The Kier molecular flexibility index (Phi) is 8.23. The molecular formula is C24H25BrN4O5S. The average Bonchev–Trinajstić information content (AvgIpc) is 3.31. The minimum absolute atomic E-state index is 0.0255. The van der Waals surface area contributed by atoms with Gasteiger partial charge < -0.3 is 14.9 Å². The van der Waals surface area contributed by atoms with Gasteiger partial charge in [-0.3, -0.25) is 0 Å². The van der Waals surface area contributed by atoms with Gasteiger partial charge in [-0.05, 0) is 58.6 Å². The highest BCUT2D eigenvalue weighted by Crippen LogP contribution is 2.30. The number of allylic oxidation sites excluding steroid dienone is 1. The molecule has 9 nitrogen and oxygen atoms in total. The molecule has 0 unspecified atom stereocenters. The van der Waals surface area contributed by atoms with Crippen molar-refractivity contribution in [2.24, 2.45) is 10.7 Å². The fourth-order valence-corrected chi connectivity index (χ4v) is 4.20. The number of nitrogens with two attached hydrogens (primary N) is 1. The number of halogens is 1. The topological polar surface area (TPSA) is 138 Å². The first-order chi connectivity index (χ1) is 16.5. The number of hydrogen-bond donors (Lipinski definition) is 1. The van der Waals surface area contributed by atoms with Gasteiger partial charge in [0.15, 0.2) is 9.84 Å². The largest absolute Gasteiger partial charge is 0.461 e. The molecule has 2 aromatic carbocycles. The zero-order valence-corrected chi connectivity index (χ0v) is 22.1. The molecule has 35 heavy (non-hydrogen) atoms. The predicted octanol–water partition coefficient (Wildman–Crippen LogP) is 4.51. The molecule has 0 radical (unpaired) electrons. The lowest BCUT2D eigenvalue weighted by molar-refractivity contribution is -0.138. The van der Waals surface area contributed by atoms with E-state index in [2.05, 4.69) is 26.1 Å². The van der Waals surface area contributed by atoms with Crippen molar-refractivity contribution in [1.29, 1.82) is 0 Å². The van der Waals surface area contributed by atoms with E-state index >= 15 is 0 Å². The molecule has 0 saturated heterocycles. The number of sulfone groups is 1. The Morgan fingerprint density at radius 3 is 2.54 bits per heavy atom. The van der Waals surface area contributed by atoms with Crippen molar-refractivity contribution in [3.8, 4) is 11.5 Å². The van der Waals surface area contributed by atoms with E-state index in [9.17, 15) is 13.2 Å². The summed E-state index contributed by atoms with van der Waals surface area (Å²) in [6, 6.07) is 13.7. The monoisotopic (exact) mass is 560 g/mol. The van der Waals surface area contributed by atoms with Crippen molar-refractivity contribution >= 4 is 43.1 Å². The van der Waals surface area contributed by atoms with Crippen LogP contribution in [0.3, 0.4) is 0 Å². The summed E-state index contributed by atoms with van der Waals surface area (Å²) < 4.78 is 34.9. The Bertz CT molecular complexity index is 1410. The maximum atomic E-state index is 12.3. The number of carbonyl (C=O) groups is 1. The third-order valence-electron chi connectivity index (χ3n) is 4.87. The number of ether oxygens (including phenoxy) is 1. The van der Waals surface area contributed by atoms with E-state index in [-0.39, 0.29) is 45.1 Å². The number of nitrogens with zero attached hydrogens (tertiary/aromatic N) is 3. The fourth-order valence-electron chi connectivity index (χ4n) is 3.11. The Labute approximate surface area is 212 Å². The summed E-state index contributed by atoms with van der Waals surface area (Å²) in [6.07, 6.45) is 1.11. The van der Waals surface area contributed by atoms with E-state index in [1.807, 2.05) is 38.1 Å². The van der Waals surface area contributed by atoms with Crippen LogP contribution in [-0.4, -0.2) is 43.2 Å². The van der Waals surface area contributed by atoms with Gasteiger partial charge in [-0.15, -0.1) is 10.2 Å². The van der Waals surface area contributed by atoms with Crippen molar-refractivity contribution in [3.63, 3.8) is 0 Å². The van der Waals surface area contributed by atoms with E-state index in [0.29, 0.717) is 11.3 Å². The number of aliphatic imine (C=N–C) groups is 1. The molecule has 2 N–H and O–H groups in total. The second-order valence-corrected chi connectivity index (χ2v) is 10.6. The van der Waals surface area contributed by atoms with Crippen LogP contribution in [0.4, 0.5) is 5.69 Å². The lowest BCUT2D eigenvalue weighted by Gasteiger charge is -2.11. The maximum Gasteiger partial charge on any atom is 0.355 e. The number of benzene rings is 2. The number of aromatic nitrogens is 2. The van der Waals surface area contributed by atoms with Crippen LogP contribution in [0.15, 0.2) is 73.0 Å². The Balaban J connectivity index is 2.18. The minimum atomic E-state index is -3.43. The zero-order valence-electron chi connectivity index (χ0n) is 19.6. The summed E-state index contributed by atoms with van der Waals surface area (Å²) >= 11 is 3.36. The number of carbonyl (C=O) groups excluding carboxylic acids is 1. The molecule has 0 aliphatic carbocycles. The van der Waals surface area contributed by atoms with Gasteiger partial charge in [0.05, 0.1) is 21.7 Å². The van der Waals surface area contributed by atoms with Crippen LogP contribution in [0.2, 0.25) is 0 Å². The molecule has 0 fully saturated rings. The normalized spacial score (nSPS) is 13.0. The molecule has 1 aromatic heterocycles. The standard InChI is InChI=1S/C24H25BrN4O5S/c1-5-33-24(30)20(26)19(25)21(27-18-12-7-6-11-17(18)14(2)3)23-29-28-22(34-23)15-9-8-10-16(13-15)35(4,31)32/h6-14H,5,26H2,1-4H3. The molecule has 0 spiro atoms. The molecular weight excluding hydrogens is 536 g/mol. The first kappa shape index (κ1) is 26.3. The van der Waals surface area contributed by atoms with Gasteiger partial charge in [0, 0.05) is 11.8 Å². The highest BCUT2D eigenvalue weighted by atomic mass is 79.9. The molecule has 3 aromatic rings. The van der Waals surface area contributed by atoms with Crippen molar-refractivity contribution in [2.75, 3.05) is 12.9 Å². The van der Waals surface area contributed by atoms with Gasteiger partial charge in [0.2, 0.25) is 5.89 Å². The molecule has 0 aliphatic rings. The number of rotatable bonds is 8. The van der Waals surface area contributed by atoms with Gasteiger partial charge in [0.1, 0.15) is 11.4 Å². The van der Waals surface area contributed by atoms with E-state index in [1.54, 1.807) is 19.1 Å². The van der Waals surface area contributed by atoms with Gasteiger partial charge in [0.25, 0.3) is 5.89 Å². The molecule has 3 rings (SSSR count). The third kappa shape index (κ3) is 6.23. The minimum Gasteiger partial charge on any atom is -0.461 e. The van der Waals surface area contributed by atoms with Crippen molar-refractivity contribution in [3.05, 3.63) is 70.2 Å². The second kappa shape index (κ2) is 11.0. The van der Waals surface area contributed by atoms with Crippen LogP contribution in [0.1, 0.15) is 38.1 Å². The fraction of sp³-hybridized carbons (Fsp3) is 0.250. The molecule has 11 heteroatoms. The molecule has 0 aliphatic heterocycles. The van der Waals surface area contributed by atoms with E-state index < -0.39 is 15.8 Å². The van der Waals surface area contributed by atoms with Crippen LogP contribution in [0.5, 0.6) is 0 Å². The molecule has 184 valence electrons. The predicted molar refractivity (Wildman–Crippen MR) is 136 cm³/mol. The van der Waals surface area contributed by atoms with Gasteiger partial charge >= 0.3 is 5.97 Å². The highest BCUT2D eigenvalue weighted by molar-refractivity contribution is 9.12. The molecule has 0 saturated carbocycles. The first-order valence-electron chi connectivity index (χ1n) is 10.7. The lowest BCUT2D eigenvalue weighted by Crippen LogP contribution is -2.19. The summed E-state index contributed by atoms with van der Waals surface area (Å²) in [5, 5.41) is 8.16. The summed E-state index contributed by atoms with van der Waals surface area (Å²) in [4.78, 5) is 17.1. The van der Waals surface area contributed by atoms with Crippen LogP contribution in [0.25, 0.3) is 11.5 Å². The van der Waals surface area contributed by atoms with Crippen molar-refractivity contribution in [2.45, 2.75) is 31.6 Å². The van der Waals surface area contributed by atoms with E-state index in [4.69, 9.17) is 19.9 Å². The van der Waals surface area contributed by atoms with Crippen LogP contribution in [0, 0.1) is 0 Å². The van der Waals surface area contributed by atoms with Crippen molar-refractivity contribution < 1.29 is 22.4 Å². The van der Waals surface area contributed by atoms with Gasteiger partial charge in [-0.1, -0.05) is 38.1 Å². The van der Waals surface area contributed by atoms with E-state index in [1.165, 1.54) is 12.1 Å². The number of hydrogen-bond acceptors (Lipinski definition) is 9. The Hall–Kier alpha value is -3.31. The quantitative estimate of drug-likeness (QED) is 0.241. The Morgan fingerprint density at radius 2 is 1.89 bits per heavy atom. The molecule has 0 amide bonds. The summed E-state index contributed by atoms with van der Waals surface area (Å²) in [6.45, 7) is 5.88. The van der Waals surface area contributed by atoms with Crippen molar-refractivity contribution in [1.82, 2.24) is 10.2 Å². The first-order valence-corrected chi connectivity index (χ1v) is 13.4. The average molecular weight is 561 g/mol. The number of esters is 1. The SMILES string of the molecule is CCOC(=O)C(N)=C(Br)C(=Nc1ccccc1C(C)C)c1nnc(-c2cccc(S(C)(=O)=O)c2)o1. The summed E-state index contributed by atoms with van der Waals surface area (Å²) in [5.74, 6) is -0.518. The lowest BCUT2D eigenvalue weighted by atomic mass is 10.0. The maximum absolute atomic E-state index is 12.3. The van der Waals surface area contributed by atoms with Crippen LogP contribution in [-0.2, 0) is 19.4 Å². The molecule has 1 heterocycles. The zero-order chi connectivity index (χ0) is 25.8. The van der Waals surface area contributed by atoms with Gasteiger partial charge in [-0.2, -0.15) is 0 Å². The van der Waals surface area contributed by atoms with Crippen LogP contribution >= 0.6 is 15.9 Å². The van der Waals surface area contributed by atoms with Crippen LogP contribution < -0.4 is 5.73 Å². The number of para-hydroxylation sites is 1. The highest BCUT2D eigenvalue weighted by Gasteiger charge is 2.24. The summed E-state index contributed by atoms with van der Waals surface area (Å²) in [7, 11) is -3.43. The smallest absolute Gasteiger partial charge is 0.355 e. The van der Waals surface area contributed by atoms with Gasteiger partial charge in [-0.25, -0.2) is 18.2 Å². The third-order valence-corrected chi connectivity index (χ3v) is 6.78. The molecule has 0 atom stereocenters.